The van der Waals surface area contributed by atoms with Crippen LogP contribution in [0.1, 0.15) is 149 Å². The maximum Gasteiger partial charge on any atom is 0.328 e. The molecule has 0 heterocycles. The molecule has 21 nitrogen and oxygen atoms in total. The van der Waals surface area contributed by atoms with E-state index in [0.717, 1.165) is 5.69 Å². The van der Waals surface area contributed by atoms with Crippen LogP contribution in [0, 0.1) is 41.4 Å². The number of nitrogens with one attached hydrogen (secondary N) is 6. The third-order valence-electron chi connectivity index (χ3n) is 14.5. The summed E-state index contributed by atoms with van der Waals surface area (Å²) in [5.41, 5.74) is 0.754. The fourth-order valence-electron chi connectivity index (χ4n) is 9.75. The maximum atomic E-state index is 14.5. The Labute approximate surface area is 501 Å². The third-order valence-corrected chi connectivity index (χ3v) is 14.8. The lowest BCUT2D eigenvalue weighted by molar-refractivity contribution is -0.149. The first-order chi connectivity index (χ1) is 38.5. The Kier molecular flexibility index (Phi) is 32.3. The molecule has 1 rings (SSSR count). The number of benzene rings is 1. The first-order valence-electron chi connectivity index (χ1n) is 29.4. The Morgan fingerprint density at radius 3 is 1.31 bits per heavy atom. The predicted octanol–water partition coefficient (Wildman–Crippen LogP) is 5.56. The molecule has 0 bridgehead atoms. The summed E-state index contributed by atoms with van der Waals surface area (Å²) in [6, 6.07) is -1.09. The molecule has 0 saturated carbocycles. The molecule has 0 aliphatic rings. The first kappa shape index (κ1) is 74.9. The number of likely N-dealkylation sites (N-methyl/N-ethyl adjacent to an activating group) is 4. The number of carbonyl (C=O) groups excluding carboxylic acids is 8. The van der Waals surface area contributed by atoms with Crippen LogP contribution in [-0.4, -0.2) is 177 Å². The van der Waals surface area contributed by atoms with Gasteiger partial charge in [-0.3, -0.25) is 38.4 Å². The number of carbonyl (C=O) groups is 9. The van der Waals surface area contributed by atoms with Crippen LogP contribution in [0.2, 0.25) is 0 Å². The molecule has 3 unspecified atom stereocenters. The Hall–Kier alpha value is -6.16. The molecule has 0 aliphatic heterocycles. The second-order valence-electron chi connectivity index (χ2n) is 24.8. The SMILES string of the molecule is C/C=C/CC(C)C(O)C(NC(=O)[C@H](C(C)C)N(C)C(=O)[C@H](CC(C)C)NC(=O)[C@H](CC(C)C)N(C)C(=O)[C@H](C)NC(=O)[C@H](C)NC(=O)[C@H](CC(C)C)N(C)C(=O)[C@H](CC(C)C)NC(=O)[C@H](CC(C)C)N(C)C(=S)Nc1ccccc1)C(=O)O. The number of thiocarbonyl (C=S) groups is 1. The lowest BCUT2D eigenvalue weighted by atomic mass is 9.93. The van der Waals surface area contributed by atoms with Gasteiger partial charge in [-0.25, -0.2) is 4.79 Å². The van der Waals surface area contributed by atoms with E-state index in [9.17, 15) is 53.4 Å². The molecule has 0 saturated heterocycles. The van der Waals surface area contributed by atoms with Crippen molar-refractivity contribution in [3.63, 3.8) is 0 Å². The molecule has 0 spiro atoms. The maximum absolute atomic E-state index is 14.5. The topological polar surface area (TPSA) is 279 Å². The van der Waals surface area contributed by atoms with Gasteiger partial charge in [-0.1, -0.05) is 120 Å². The van der Waals surface area contributed by atoms with E-state index in [1.165, 1.54) is 49.7 Å². The highest BCUT2D eigenvalue weighted by molar-refractivity contribution is 7.80. The number of allylic oxidation sites excluding steroid dienone is 2. The van der Waals surface area contributed by atoms with Crippen LogP contribution in [0.5, 0.6) is 0 Å². The van der Waals surface area contributed by atoms with Gasteiger partial charge in [0.15, 0.2) is 11.2 Å². The quantitative estimate of drug-likeness (QED) is 0.0310. The van der Waals surface area contributed by atoms with Crippen LogP contribution in [-0.2, 0) is 43.2 Å². The summed E-state index contributed by atoms with van der Waals surface area (Å²) in [5, 5.41) is 38.2. The molecule has 22 heteroatoms. The normalized spacial score (nSPS) is 15.7. The zero-order valence-corrected chi connectivity index (χ0v) is 54.2. The van der Waals surface area contributed by atoms with E-state index in [-0.39, 0.29) is 55.3 Å². The first-order valence-corrected chi connectivity index (χ1v) is 29.8. The van der Waals surface area contributed by atoms with Gasteiger partial charge >= 0.3 is 5.97 Å². The summed E-state index contributed by atoms with van der Waals surface area (Å²) in [5.74, 6) is -7.80. The largest absolute Gasteiger partial charge is 0.480 e. The van der Waals surface area contributed by atoms with E-state index >= 15 is 0 Å². The van der Waals surface area contributed by atoms with Gasteiger partial charge in [-0.05, 0) is 125 Å². The van der Waals surface area contributed by atoms with Gasteiger partial charge in [-0.2, -0.15) is 0 Å². The highest BCUT2D eigenvalue weighted by Crippen LogP contribution is 2.22. The summed E-state index contributed by atoms with van der Waals surface area (Å²) < 4.78 is 0. The number of anilines is 1. The molecule has 1 aromatic rings. The van der Waals surface area contributed by atoms with Crippen molar-refractivity contribution in [3.8, 4) is 0 Å². The number of carboxylic acids is 1. The van der Waals surface area contributed by atoms with Gasteiger partial charge in [0.05, 0.1) is 6.10 Å². The number of rotatable bonds is 34. The molecule has 0 fully saturated rings. The van der Waals surface area contributed by atoms with Gasteiger partial charge in [0.1, 0.15) is 48.3 Å². The Morgan fingerprint density at radius 2 is 0.904 bits per heavy atom. The average molecular weight is 1190 g/mol. The van der Waals surface area contributed by atoms with Crippen LogP contribution < -0.4 is 31.9 Å². The monoisotopic (exact) mass is 1180 g/mol. The summed E-state index contributed by atoms with van der Waals surface area (Å²) >= 11 is 5.72. The molecule has 1 aromatic carbocycles. The lowest BCUT2D eigenvalue weighted by Crippen LogP contribution is -2.61. The van der Waals surface area contributed by atoms with Crippen molar-refractivity contribution in [2.24, 2.45) is 41.4 Å². The molecular weight excluding hydrogens is 1080 g/mol. The summed E-state index contributed by atoms with van der Waals surface area (Å²) in [6.07, 6.45) is 3.68. The Bertz CT molecular complexity index is 2330. The smallest absolute Gasteiger partial charge is 0.328 e. The number of hydrogen-bond donors (Lipinski definition) is 8. The van der Waals surface area contributed by atoms with Crippen LogP contribution >= 0.6 is 12.2 Å². The van der Waals surface area contributed by atoms with Crippen molar-refractivity contribution < 1.29 is 53.4 Å². The van der Waals surface area contributed by atoms with Crippen molar-refractivity contribution in [1.29, 1.82) is 0 Å². The van der Waals surface area contributed by atoms with Crippen LogP contribution in [0.3, 0.4) is 0 Å². The standard InChI is InChI=1S/C61H104N10O11S/c1-21-22-26-40(14)51(72)49(60(81)82)67-56(77)50(39(12)13)71(20)59(80)45(30-35(4)5)66-54(75)47(32-37(8)9)68(17)57(78)42(16)63-52(73)41(15)62-53(74)46(31-36(6)7)69(18)58(79)44(29-34(2)3)65-55(76)48(33-38(10)11)70(19)61(83)64-43-27-24-23-25-28-43/h21-25,27-28,34-42,44-51,72H,26,29-33H2,1-20H3,(H,62,74)(H,63,73)(H,64,83)(H,65,76)(H,66,75)(H,67,77)(H,81,82)/b22-21+/t40?,41-,42-,44-,45-,46-,47-,48-,49?,50-,51?/m0/s1. The molecule has 0 aromatic heterocycles. The number of amides is 8. The molecule has 0 aliphatic carbocycles. The summed E-state index contributed by atoms with van der Waals surface area (Å²) in [4.78, 5) is 131. The number of nitrogens with zero attached hydrogens (tertiary/aromatic N) is 4. The van der Waals surface area contributed by atoms with E-state index in [2.05, 4.69) is 31.9 Å². The fourth-order valence-corrected chi connectivity index (χ4v) is 10.00. The molecule has 8 N–H and O–H groups in total. The molecule has 83 heavy (non-hydrogen) atoms. The second kappa shape index (κ2) is 35.9. The number of carboxylic acid groups (broad SMARTS) is 1. The number of para-hydroxylation sites is 1. The second-order valence-corrected chi connectivity index (χ2v) is 25.2. The lowest BCUT2D eigenvalue weighted by Gasteiger charge is -2.36. The van der Waals surface area contributed by atoms with Crippen LogP contribution in [0.25, 0.3) is 0 Å². The van der Waals surface area contributed by atoms with E-state index in [1.807, 2.05) is 99.6 Å². The van der Waals surface area contributed by atoms with E-state index < -0.39 is 126 Å². The highest BCUT2D eigenvalue weighted by atomic mass is 32.1. The van der Waals surface area contributed by atoms with Gasteiger partial charge in [0.25, 0.3) is 0 Å². The third kappa shape index (κ3) is 24.5. The van der Waals surface area contributed by atoms with Gasteiger partial charge < -0.3 is 61.7 Å². The van der Waals surface area contributed by atoms with Crippen LogP contribution in [0.4, 0.5) is 5.69 Å². The van der Waals surface area contributed by atoms with Crippen molar-refractivity contribution in [3.05, 3.63) is 42.5 Å². The molecule has 11 atom stereocenters. The Balaban J connectivity index is 3.38. The highest BCUT2D eigenvalue weighted by Gasteiger charge is 2.41. The minimum Gasteiger partial charge on any atom is -0.480 e. The average Bonchev–Trinajstić information content (AvgIpc) is 3.53. The number of hydrogen-bond acceptors (Lipinski definition) is 11. The van der Waals surface area contributed by atoms with E-state index in [4.69, 9.17) is 12.2 Å². The molecule has 0 radical (unpaired) electrons. The van der Waals surface area contributed by atoms with Crippen molar-refractivity contribution in [2.75, 3.05) is 33.5 Å². The predicted molar refractivity (Wildman–Crippen MR) is 329 cm³/mol. The molecule has 8 amide bonds. The van der Waals surface area contributed by atoms with Gasteiger partial charge in [-0.15, -0.1) is 0 Å². The van der Waals surface area contributed by atoms with Gasteiger partial charge in [0.2, 0.25) is 47.3 Å². The minimum atomic E-state index is -1.67. The van der Waals surface area contributed by atoms with E-state index in [0.29, 0.717) is 18.0 Å². The molecular formula is C61H104N10O11S. The molecule has 470 valence electrons. The van der Waals surface area contributed by atoms with Crippen molar-refractivity contribution in [2.45, 2.75) is 210 Å². The zero-order chi connectivity index (χ0) is 63.9. The van der Waals surface area contributed by atoms with Crippen molar-refractivity contribution in [1.82, 2.24) is 46.2 Å². The Morgan fingerprint density at radius 1 is 0.506 bits per heavy atom. The van der Waals surface area contributed by atoms with Crippen LogP contribution in [0.15, 0.2) is 42.5 Å². The van der Waals surface area contributed by atoms with E-state index in [1.54, 1.807) is 51.8 Å². The summed E-state index contributed by atoms with van der Waals surface area (Å²) in [7, 11) is 6.03. The number of aliphatic hydroxyl groups is 1. The minimum absolute atomic E-state index is 0.0328. The van der Waals surface area contributed by atoms with Gasteiger partial charge in [0, 0.05) is 33.9 Å². The zero-order valence-electron chi connectivity index (χ0n) is 53.4. The fraction of sp³-hybridized carbons (Fsp3) is 0.705. The number of aliphatic hydroxyl groups excluding tert-OH is 1. The van der Waals surface area contributed by atoms with Crippen molar-refractivity contribution >= 4 is 76.2 Å². The summed E-state index contributed by atoms with van der Waals surface area (Å²) in [6.45, 7) is 28.7. The number of aliphatic carboxylic acids is 1.